The molecule has 2 aromatic heterocycles. The van der Waals surface area contributed by atoms with E-state index in [0.29, 0.717) is 33.3 Å². The number of nitrogens with zero attached hydrogens (tertiary/aromatic N) is 1. The Morgan fingerprint density at radius 2 is 1.84 bits per heavy atom. The van der Waals surface area contributed by atoms with Crippen molar-refractivity contribution in [1.82, 2.24) is 15.4 Å². The van der Waals surface area contributed by atoms with E-state index < -0.39 is 24.5 Å². The summed E-state index contributed by atoms with van der Waals surface area (Å²) in [5.41, 5.74) is 4.65. The van der Waals surface area contributed by atoms with Gasteiger partial charge in [-0.05, 0) is 50.1 Å². The number of halogens is 1. The number of esters is 1. The number of carbonyl (C=O) groups is 2. The lowest BCUT2D eigenvalue weighted by atomic mass is 10.1. The quantitative estimate of drug-likeness (QED) is 0.162. The molecule has 1 aliphatic rings. The number of rotatable bonds is 11. The molecule has 10 nitrogen and oxygen atoms in total. The zero-order valence-electron chi connectivity index (χ0n) is 20.8. The number of aryl methyl sites for hydroxylation is 1. The summed E-state index contributed by atoms with van der Waals surface area (Å²) in [6.45, 7) is 1.46. The van der Waals surface area contributed by atoms with E-state index in [4.69, 9.17) is 23.8 Å². The van der Waals surface area contributed by atoms with Crippen molar-refractivity contribution in [1.29, 1.82) is 0 Å². The summed E-state index contributed by atoms with van der Waals surface area (Å²) in [7, 11) is 1.46. The first kappa shape index (κ1) is 25.3. The van der Waals surface area contributed by atoms with Gasteiger partial charge in [0, 0.05) is 40.3 Å². The van der Waals surface area contributed by atoms with E-state index in [1.54, 1.807) is 36.4 Å². The largest absolute Gasteiger partial charge is 0.493 e. The van der Waals surface area contributed by atoms with E-state index in [0.717, 1.165) is 18.5 Å². The van der Waals surface area contributed by atoms with E-state index in [1.807, 2.05) is 6.92 Å². The summed E-state index contributed by atoms with van der Waals surface area (Å²) >= 11 is 0. The number of carbonyl (C=O) groups excluding carboxylic acids is 2. The first-order valence-electron chi connectivity index (χ1n) is 12.1. The van der Waals surface area contributed by atoms with Crippen LogP contribution in [-0.2, 0) is 19.2 Å². The predicted octanol–water partition coefficient (Wildman–Crippen LogP) is 4.83. The van der Waals surface area contributed by atoms with Gasteiger partial charge in [-0.1, -0.05) is 0 Å². The van der Waals surface area contributed by atoms with Crippen LogP contribution < -0.4 is 19.7 Å². The molecule has 1 saturated carbocycles. The lowest BCUT2D eigenvalue weighted by molar-refractivity contribution is -0.157. The van der Waals surface area contributed by atoms with Gasteiger partial charge in [0.25, 0.3) is 0 Å². The Morgan fingerprint density at radius 3 is 2.63 bits per heavy atom. The molecule has 1 fully saturated rings. The van der Waals surface area contributed by atoms with Crippen LogP contribution in [0.25, 0.3) is 21.8 Å². The normalized spacial score (nSPS) is 12.9. The molecule has 0 amide bonds. The minimum atomic E-state index is -0.612. The van der Waals surface area contributed by atoms with Crippen LogP contribution in [0.2, 0.25) is 0 Å². The molecule has 0 unspecified atom stereocenters. The van der Waals surface area contributed by atoms with Crippen LogP contribution in [-0.4, -0.2) is 41.9 Å². The third-order valence-corrected chi connectivity index (χ3v) is 5.93. The van der Waals surface area contributed by atoms with E-state index in [1.165, 1.54) is 13.3 Å². The molecule has 1 aliphatic carbocycles. The lowest BCUT2D eigenvalue weighted by Gasteiger charge is -2.14. The summed E-state index contributed by atoms with van der Waals surface area (Å²) in [6.07, 6.45) is 3.22. The summed E-state index contributed by atoms with van der Waals surface area (Å²) in [5, 5.41) is 1.00. The zero-order valence-corrected chi connectivity index (χ0v) is 20.8. The predicted molar refractivity (Wildman–Crippen MR) is 134 cm³/mol. The van der Waals surface area contributed by atoms with Gasteiger partial charge in [-0.25, -0.2) is 4.39 Å². The van der Waals surface area contributed by atoms with Gasteiger partial charge in [0.05, 0.1) is 25.5 Å². The van der Waals surface area contributed by atoms with E-state index in [9.17, 15) is 9.59 Å². The maximum Gasteiger partial charge on any atom is 0.325 e. The maximum absolute atomic E-state index is 15.1. The van der Waals surface area contributed by atoms with Crippen LogP contribution in [0.4, 0.5) is 4.39 Å². The molecule has 0 aliphatic heterocycles. The molecule has 198 valence electrons. The zero-order chi connectivity index (χ0) is 26.6. The topological polar surface area (TPSA) is 121 Å². The minimum Gasteiger partial charge on any atom is -0.493 e. The molecule has 2 aromatic carbocycles. The van der Waals surface area contributed by atoms with Gasteiger partial charge in [-0.15, -0.1) is 0 Å². The number of hydrogen-bond donors (Lipinski definition) is 2. The van der Waals surface area contributed by atoms with Crippen LogP contribution in [0.5, 0.6) is 23.0 Å². The molecule has 5 rings (SSSR count). The number of pyridine rings is 1. The van der Waals surface area contributed by atoms with E-state index in [2.05, 4.69) is 15.4 Å². The molecule has 2 heterocycles. The third-order valence-electron chi connectivity index (χ3n) is 5.93. The third kappa shape index (κ3) is 5.78. The van der Waals surface area contributed by atoms with Crippen molar-refractivity contribution < 1.29 is 37.8 Å². The van der Waals surface area contributed by atoms with Crippen molar-refractivity contribution in [2.75, 3.05) is 13.9 Å². The molecule has 0 radical (unpaired) electrons. The number of aromatic amines is 1. The molecular formula is C27H26FN3O7. The summed E-state index contributed by atoms with van der Waals surface area (Å²) in [4.78, 5) is 35.9. The number of benzene rings is 2. The fraction of sp³-hybridized carbons (Fsp3) is 0.296. The first-order chi connectivity index (χ1) is 18.4. The fourth-order valence-electron chi connectivity index (χ4n) is 3.81. The first-order valence-corrected chi connectivity index (χ1v) is 12.1. The molecule has 0 bridgehead atoms. The van der Waals surface area contributed by atoms with Gasteiger partial charge in [0.1, 0.15) is 5.75 Å². The Bertz CT molecular complexity index is 1500. The van der Waals surface area contributed by atoms with Crippen LogP contribution in [0, 0.1) is 12.7 Å². The van der Waals surface area contributed by atoms with Gasteiger partial charge in [0.15, 0.2) is 23.1 Å². The molecule has 0 saturated heterocycles. The number of H-pyrrole nitrogens is 1. The molecule has 38 heavy (non-hydrogen) atoms. The number of nitrogens with one attached hydrogen (secondary N) is 2. The van der Waals surface area contributed by atoms with Crippen LogP contribution >= 0.6 is 0 Å². The second kappa shape index (κ2) is 10.9. The lowest BCUT2D eigenvalue weighted by Crippen LogP contribution is -2.22. The molecule has 0 atom stereocenters. The highest BCUT2D eigenvalue weighted by atomic mass is 19.1. The highest BCUT2D eigenvalue weighted by Gasteiger charge is 2.23. The van der Waals surface area contributed by atoms with Crippen molar-refractivity contribution in [3.05, 3.63) is 54.1 Å². The SMILES string of the molecule is COc1cc2c(Oc3ccc4[nH]c(C)cc4c3F)ccnc2cc1OCOC(=O)CCC(=O)ONC1CC1. The summed E-state index contributed by atoms with van der Waals surface area (Å²) < 4.78 is 37.1. The number of hydrogen-bond acceptors (Lipinski definition) is 9. The van der Waals surface area contributed by atoms with Crippen molar-refractivity contribution >= 4 is 33.7 Å². The standard InChI is InChI=1S/C27H26FN3O7/c1-15-11-18-19(30-15)5-6-22(27(18)28)37-21-9-10-29-20-13-24(23(34-2)12-17(20)21)35-14-36-25(32)7-8-26(33)38-31-16-3-4-16/h5-6,9-13,16,30-31H,3-4,7-8,14H2,1-2H3. The smallest absolute Gasteiger partial charge is 0.325 e. The molecule has 0 spiro atoms. The summed E-state index contributed by atoms with van der Waals surface area (Å²) in [5.74, 6) is -0.559. The molecule has 4 aromatic rings. The van der Waals surface area contributed by atoms with Gasteiger partial charge >= 0.3 is 11.9 Å². The molecule has 11 heteroatoms. The van der Waals surface area contributed by atoms with E-state index >= 15 is 4.39 Å². The number of aromatic nitrogens is 2. The van der Waals surface area contributed by atoms with Crippen molar-refractivity contribution in [2.45, 2.75) is 38.6 Å². The van der Waals surface area contributed by atoms with Crippen molar-refractivity contribution in [3.63, 3.8) is 0 Å². The second-order valence-corrected chi connectivity index (χ2v) is 8.87. The molecule has 2 N–H and O–H groups in total. The Kier molecular flexibility index (Phi) is 7.27. The Labute approximate surface area is 216 Å². The Morgan fingerprint density at radius 1 is 1.03 bits per heavy atom. The Balaban J connectivity index is 1.24. The van der Waals surface area contributed by atoms with E-state index in [-0.39, 0.29) is 30.4 Å². The minimum absolute atomic E-state index is 0.0717. The average Bonchev–Trinajstić information content (AvgIpc) is 3.66. The van der Waals surface area contributed by atoms with Crippen molar-refractivity contribution in [2.24, 2.45) is 0 Å². The maximum atomic E-state index is 15.1. The van der Waals surface area contributed by atoms with Gasteiger partial charge in [-0.3, -0.25) is 14.6 Å². The number of methoxy groups -OCH3 is 1. The number of fused-ring (bicyclic) bond motifs is 2. The Hall–Kier alpha value is -4.38. The van der Waals surface area contributed by atoms with Gasteiger partial charge < -0.3 is 28.8 Å². The highest BCUT2D eigenvalue weighted by molar-refractivity contribution is 5.89. The molecular weight excluding hydrogens is 497 g/mol. The second-order valence-electron chi connectivity index (χ2n) is 8.87. The van der Waals surface area contributed by atoms with Crippen molar-refractivity contribution in [3.8, 4) is 23.0 Å². The highest BCUT2D eigenvalue weighted by Crippen LogP contribution is 2.38. The van der Waals surface area contributed by atoms with Crippen LogP contribution in [0.15, 0.2) is 42.6 Å². The number of ether oxygens (including phenoxy) is 4. The summed E-state index contributed by atoms with van der Waals surface area (Å²) in [6, 6.07) is 10.1. The monoisotopic (exact) mass is 523 g/mol. The van der Waals surface area contributed by atoms with Crippen LogP contribution in [0.1, 0.15) is 31.4 Å². The van der Waals surface area contributed by atoms with Crippen LogP contribution in [0.3, 0.4) is 0 Å². The number of hydroxylamine groups is 1. The fourth-order valence-corrected chi connectivity index (χ4v) is 3.81. The van der Waals surface area contributed by atoms with Gasteiger partial charge in [-0.2, -0.15) is 5.48 Å². The van der Waals surface area contributed by atoms with Gasteiger partial charge in [0.2, 0.25) is 6.79 Å². The average molecular weight is 524 g/mol.